The highest BCUT2D eigenvalue weighted by atomic mass is 16.6. The van der Waals surface area contributed by atoms with Gasteiger partial charge in [0.1, 0.15) is 0 Å². The lowest BCUT2D eigenvalue weighted by molar-refractivity contribution is -0.388. The van der Waals surface area contributed by atoms with Crippen LogP contribution in [-0.2, 0) is 13.6 Å². The Morgan fingerprint density at radius 2 is 1.96 bits per heavy atom. The van der Waals surface area contributed by atoms with Crippen molar-refractivity contribution in [2.75, 3.05) is 31.1 Å². The van der Waals surface area contributed by atoms with Crippen molar-refractivity contribution in [2.45, 2.75) is 13.0 Å². The van der Waals surface area contributed by atoms with Crippen LogP contribution >= 0.6 is 0 Å². The van der Waals surface area contributed by atoms with E-state index in [-0.39, 0.29) is 5.82 Å². The molecular formula is C16H21N5O2. The second-order valence-electron chi connectivity index (χ2n) is 5.86. The molecule has 23 heavy (non-hydrogen) atoms. The third-order valence-corrected chi connectivity index (χ3v) is 4.20. The van der Waals surface area contributed by atoms with Crippen molar-refractivity contribution in [3.63, 3.8) is 0 Å². The molecule has 1 aliphatic rings. The van der Waals surface area contributed by atoms with E-state index in [1.165, 1.54) is 11.9 Å². The van der Waals surface area contributed by atoms with Gasteiger partial charge in [0.05, 0.1) is 0 Å². The Morgan fingerprint density at radius 3 is 2.70 bits per heavy atom. The van der Waals surface area contributed by atoms with Gasteiger partial charge in [-0.15, -0.1) is 0 Å². The average molecular weight is 315 g/mol. The van der Waals surface area contributed by atoms with Gasteiger partial charge in [-0.2, -0.15) is 0 Å². The monoisotopic (exact) mass is 315 g/mol. The van der Waals surface area contributed by atoms with Gasteiger partial charge < -0.3 is 15.0 Å². The number of benzene rings is 1. The fraction of sp³-hybridized carbons (Fsp3) is 0.438. The van der Waals surface area contributed by atoms with Gasteiger partial charge in [-0.25, -0.2) is 0 Å². The van der Waals surface area contributed by atoms with Crippen LogP contribution < -0.4 is 4.90 Å². The molecule has 0 N–H and O–H groups in total. The van der Waals surface area contributed by atoms with Crippen LogP contribution in [0.2, 0.25) is 0 Å². The second kappa shape index (κ2) is 6.78. The van der Waals surface area contributed by atoms with E-state index in [4.69, 9.17) is 0 Å². The molecule has 1 aromatic carbocycles. The van der Waals surface area contributed by atoms with Crippen LogP contribution in [0.3, 0.4) is 0 Å². The molecule has 1 saturated heterocycles. The van der Waals surface area contributed by atoms with Crippen molar-refractivity contribution >= 4 is 11.6 Å². The minimum Gasteiger partial charge on any atom is -0.358 e. The summed E-state index contributed by atoms with van der Waals surface area (Å²) in [4.78, 5) is 19.2. The number of rotatable bonds is 4. The number of nitrogens with zero attached hydrogens (tertiary/aromatic N) is 5. The zero-order valence-electron chi connectivity index (χ0n) is 13.3. The first-order valence-electron chi connectivity index (χ1n) is 7.82. The van der Waals surface area contributed by atoms with E-state index in [9.17, 15) is 10.1 Å². The van der Waals surface area contributed by atoms with Gasteiger partial charge >= 0.3 is 5.82 Å². The Morgan fingerprint density at radius 1 is 1.17 bits per heavy atom. The number of hydrogen-bond donors (Lipinski definition) is 0. The minimum atomic E-state index is -0.401. The molecule has 0 saturated carbocycles. The molecule has 0 unspecified atom stereocenters. The van der Waals surface area contributed by atoms with Crippen LogP contribution in [0.15, 0.2) is 36.7 Å². The fourth-order valence-corrected chi connectivity index (χ4v) is 3.09. The maximum atomic E-state index is 11.2. The molecule has 1 aliphatic heterocycles. The molecule has 0 bridgehead atoms. The number of aromatic nitrogens is 2. The normalized spacial score (nSPS) is 16.3. The summed E-state index contributed by atoms with van der Waals surface area (Å²) in [6.07, 6.45) is 2.50. The maximum Gasteiger partial charge on any atom is 0.406 e. The molecule has 0 spiro atoms. The van der Waals surface area contributed by atoms with Crippen LogP contribution in [0, 0.1) is 10.1 Å². The van der Waals surface area contributed by atoms with E-state index in [2.05, 4.69) is 39.0 Å². The van der Waals surface area contributed by atoms with E-state index < -0.39 is 4.92 Å². The molecule has 0 aliphatic carbocycles. The van der Waals surface area contributed by atoms with Gasteiger partial charge in [-0.3, -0.25) is 9.47 Å². The van der Waals surface area contributed by atoms with E-state index >= 15 is 0 Å². The van der Waals surface area contributed by atoms with Crippen LogP contribution in [0.4, 0.5) is 11.6 Å². The number of nitro groups is 1. The van der Waals surface area contributed by atoms with Crippen LogP contribution in [0.5, 0.6) is 0 Å². The molecule has 7 heteroatoms. The molecule has 1 fully saturated rings. The zero-order valence-corrected chi connectivity index (χ0v) is 13.3. The van der Waals surface area contributed by atoms with Crippen LogP contribution in [0.25, 0.3) is 0 Å². The lowest BCUT2D eigenvalue weighted by Gasteiger charge is -2.22. The third-order valence-electron chi connectivity index (χ3n) is 4.20. The smallest absolute Gasteiger partial charge is 0.358 e. The van der Waals surface area contributed by atoms with Crippen LogP contribution in [-0.4, -0.2) is 45.6 Å². The molecule has 0 atom stereocenters. The first-order chi connectivity index (χ1) is 11.1. The average Bonchev–Trinajstić information content (AvgIpc) is 2.78. The Balaban J connectivity index is 1.69. The highest BCUT2D eigenvalue weighted by molar-refractivity contribution is 5.54. The minimum absolute atomic E-state index is 0.0518. The summed E-state index contributed by atoms with van der Waals surface area (Å²) in [5.74, 6) is 0.556. The Hall–Kier alpha value is -2.41. The number of hydrogen-bond acceptors (Lipinski definition) is 5. The van der Waals surface area contributed by atoms with Crippen molar-refractivity contribution in [3.05, 3.63) is 52.3 Å². The summed E-state index contributed by atoms with van der Waals surface area (Å²) < 4.78 is 1.74. The van der Waals surface area contributed by atoms with Crippen molar-refractivity contribution in [1.82, 2.24) is 14.5 Å². The summed E-state index contributed by atoms with van der Waals surface area (Å²) in [7, 11) is 1.81. The van der Waals surface area contributed by atoms with Gasteiger partial charge in [0.25, 0.3) is 0 Å². The largest absolute Gasteiger partial charge is 0.406 e. The molecule has 0 radical (unpaired) electrons. The standard InChI is InChI=1S/C16H21N5O2/c1-18-13-17-15(21(22)23)16(18)20-9-5-8-19(10-11-20)12-14-6-3-2-4-7-14/h2-4,6-7,13H,5,8-12H2,1H3. The lowest BCUT2D eigenvalue weighted by atomic mass is 10.2. The summed E-state index contributed by atoms with van der Waals surface area (Å²) in [5.41, 5.74) is 1.30. The fourth-order valence-electron chi connectivity index (χ4n) is 3.09. The molecule has 3 rings (SSSR count). The molecular weight excluding hydrogens is 294 g/mol. The Bertz CT molecular complexity index is 670. The van der Waals surface area contributed by atoms with Crippen molar-refractivity contribution in [3.8, 4) is 0 Å². The predicted octanol–water partition coefficient (Wildman–Crippen LogP) is 2.04. The second-order valence-corrected chi connectivity index (χ2v) is 5.86. The topological polar surface area (TPSA) is 67.4 Å². The van der Waals surface area contributed by atoms with Crippen molar-refractivity contribution in [2.24, 2.45) is 7.05 Å². The van der Waals surface area contributed by atoms with Gasteiger partial charge in [0, 0.05) is 39.8 Å². The summed E-state index contributed by atoms with van der Waals surface area (Å²) in [5, 5.41) is 11.2. The SMILES string of the molecule is Cn1cnc([N+](=O)[O-])c1N1CCCN(Cc2ccccc2)CC1. The first-order valence-corrected chi connectivity index (χ1v) is 7.82. The quantitative estimate of drug-likeness (QED) is 0.638. The molecule has 122 valence electrons. The number of aryl methyl sites for hydroxylation is 1. The van der Waals surface area contributed by atoms with Gasteiger partial charge in [-0.05, 0) is 21.9 Å². The molecule has 2 heterocycles. The van der Waals surface area contributed by atoms with E-state index in [0.717, 1.165) is 39.1 Å². The molecule has 0 amide bonds. The predicted molar refractivity (Wildman–Crippen MR) is 88.4 cm³/mol. The summed E-state index contributed by atoms with van der Waals surface area (Å²) in [6.45, 7) is 4.38. The maximum absolute atomic E-state index is 11.2. The lowest BCUT2D eigenvalue weighted by Crippen LogP contribution is -2.31. The van der Waals surface area contributed by atoms with Crippen molar-refractivity contribution in [1.29, 1.82) is 0 Å². The Kier molecular flexibility index (Phi) is 4.57. The molecule has 2 aromatic rings. The first kappa shape index (κ1) is 15.5. The summed E-state index contributed by atoms with van der Waals surface area (Å²) in [6, 6.07) is 10.4. The van der Waals surface area contributed by atoms with Crippen LogP contribution in [0.1, 0.15) is 12.0 Å². The molecule has 1 aromatic heterocycles. The van der Waals surface area contributed by atoms with Gasteiger partial charge in [-0.1, -0.05) is 30.3 Å². The van der Waals surface area contributed by atoms with Gasteiger partial charge in [0.2, 0.25) is 12.1 Å². The molecule has 7 nitrogen and oxygen atoms in total. The van der Waals surface area contributed by atoms with Crippen molar-refractivity contribution < 1.29 is 4.92 Å². The van der Waals surface area contributed by atoms with E-state index in [0.29, 0.717) is 5.82 Å². The summed E-state index contributed by atoms with van der Waals surface area (Å²) >= 11 is 0. The number of imidazole rings is 1. The van der Waals surface area contributed by atoms with E-state index in [1.807, 2.05) is 13.1 Å². The highest BCUT2D eigenvalue weighted by Crippen LogP contribution is 2.26. The Labute approximate surface area is 135 Å². The zero-order chi connectivity index (χ0) is 16.2. The highest BCUT2D eigenvalue weighted by Gasteiger charge is 2.27. The van der Waals surface area contributed by atoms with Gasteiger partial charge in [0.15, 0.2) is 0 Å². The van der Waals surface area contributed by atoms with E-state index in [1.54, 1.807) is 4.57 Å². The number of anilines is 1. The third kappa shape index (κ3) is 3.50.